The molecule has 0 aliphatic carbocycles. The van der Waals surface area contributed by atoms with Gasteiger partial charge in [0.1, 0.15) is 5.75 Å². The molecule has 1 saturated heterocycles. The summed E-state index contributed by atoms with van der Waals surface area (Å²) in [6.07, 6.45) is 2.44. The van der Waals surface area contributed by atoms with E-state index in [9.17, 15) is 4.79 Å². The molecule has 1 heterocycles. The molecule has 1 aliphatic rings. The fraction of sp³-hybridized carbons (Fsp3) is 0.533. The van der Waals surface area contributed by atoms with Crippen LogP contribution in [0.5, 0.6) is 5.75 Å². The molecule has 116 valence electrons. The summed E-state index contributed by atoms with van der Waals surface area (Å²) < 4.78 is 5.14. The monoisotopic (exact) mass is 312 g/mol. The fourth-order valence-electron chi connectivity index (χ4n) is 2.49. The van der Waals surface area contributed by atoms with Gasteiger partial charge in [0.05, 0.1) is 24.9 Å². The third-order valence-corrected chi connectivity index (χ3v) is 4.08. The number of ether oxygens (including phenoxy) is 1. The number of hydrogen-bond acceptors (Lipinski definition) is 4. The summed E-state index contributed by atoms with van der Waals surface area (Å²) in [6, 6.07) is 5.21. The van der Waals surface area contributed by atoms with E-state index in [2.05, 4.69) is 5.32 Å². The average Bonchev–Trinajstić information content (AvgIpc) is 2.50. The largest absolute Gasteiger partial charge is 0.497 e. The number of amides is 1. The topological polar surface area (TPSA) is 50.8 Å². The van der Waals surface area contributed by atoms with Gasteiger partial charge in [-0.25, -0.2) is 0 Å². The number of carbonyl (C=O) groups excluding carboxylic acids is 1. The molecule has 21 heavy (non-hydrogen) atoms. The van der Waals surface area contributed by atoms with Crippen molar-refractivity contribution >= 4 is 23.2 Å². The normalized spacial score (nSPS) is 16.7. The van der Waals surface area contributed by atoms with Gasteiger partial charge in [0.15, 0.2) is 0 Å². The second-order valence-electron chi connectivity index (χ2n) is 5.15. The summed E-state index contributed by atoms with van der Waals surface area (Å²) in [5.74, 6) is 1.05. The Hall–Kier alpha value is -1.30. The number of piperidine rings is 1. The smallest absolute Gasteiger partial charge is 0.224 e. The second-order valence-corrected chi connectivity index (χ2v) is 5.56. The number of benzene rings is 1. The highest BCUT2D eigenvalue weighted by molar-refractivity contribution is 6.33. The lowest BCUT2D eigenvalue weighted by atomic mass is 9.94. The van der Waals surface area contributed by atoms with Gasteiger partial charge in [-0.2, -0.15) is 5.06 Å². The Morgan fingerprint density at radius 3 is 2.71 bits per heavy atom. The van der Waals surface area contributed by atoms with Crippen LogP contribution in [0.1, 0.15) is 19.3 Å². The first-order valence-corrected chi connectivity index (χ1v) is 7.42. The van der Waals surface area contributed by atoms with Crippen LogP contribution in [0.4, 0.5) is 5.69 Å². The van der Waals surface area contributed by atoms with Crippen molar-refractivity contribution in [3.63, 3.8) is 0 Å². The molecule has 0 bridgehead atoms. The van der Waals surface area contributed by atoms with Crippen LogP contribution in [0.2, 0.25) is 5.02 Å². The second kappa shape index (κ2) is 7.64. The molecule has 1 fully saturated rings. The van der Waals surface area contributed by atoms with Crippen LogP contribution < -0.4 is 10.1 Å². The number of nitrogens with zero attached hydrogens (tertiary/aromatic N) is 1. The third-order valence-electron chi connectivity index (χ3n) is 3.75. The quantitative estimate of drug-likeness (QED) is 0.908. The molecule has 1 N–H and O–H groups in total. The first-order valence-electron chi connectivity index (χ1n) is 7.05. The van der Waals surface area contributed by atoms with Gasteiger partial charge in [0.25, 0.3) is 0 Å². The zero-order valence-corrected chi connectivity index (χ0v) is 13.2. The lowest BCUT2D eigenvalue weighted by Crippen LogP contribution is -2.34. The summed E-state index contributed by atoms with van der Waals surface area (Å²) in [5.41, 5.74) is 0.593. The molecule has 0 unspecified atom stereocenters. The van der Waals surface area contributed by atoms with E-state index in [0.717, 1.165) is 25.9 Å². The van der Waals surface area contributed by atoms with Crippen molar-refractivity contribution in [1.29, 1.82) is 0 Å². The summed E-state index contributed by atoms with van der Waals surface area (Å²) in [7, 11) is 3.26. The lowest BCUT2D eigenvalue weighted by molar-refractivity contribution is -0.149. The van der Waals surface area contributed by atoms with E-state index in [0.29, 0.717) is 28.8 Å². The zero-order valence-electron chi connectivity index (χ0n) is 12.4. The van der Waals surface area contributed by atoms with Gasteiger partial charge in [0.2, 0.25) is 5.91 Å². The van der Waals surface area contributed by atoms with Gasteiger partial charge >= 0.3 is 0 Å². The molecule has 0 spiro atoms. The molecule has 6 heteroatoms. The molecular weight excluding hydrogens is 292 g/mol. The number of nitrogens with one attached hydrogen (secondary N) is 1. The van der Waals surface area contributed by atoms with Crippen LogP contribution in [0.3, 0.4) is 0 Å². The lowest BCUT2D eigenvalue weighted by Gasteiger charge is -2.29. The van der Waals surface area contributed by atoms with Crippen LogP contribution in [-0.4, -0.2) is 38.3 Å². The van der Waals surface area contributed by atoms with Gasteiger partial charge in [-0.1, -0.05) is 11.6 Å². The van der Waals surface area contributed by atoms with Crippen LogP contribution in [0.25, 0.3) is 0 Å². The Bertz CT molecular complexity index is 488. The summed E-state index contributed by atoms with van der Waals surface area (Å²) >= 11 is 6.08. The van der Waals surface area contributed by atoms with Gasteiger partial charge in [-0.15, -0.1) is 0 Å². The van der Waals surface area contributed by atoms with Crippen LogP contribution in [0, 0.1) is 5.92 Å². The van der Waals surface area contributed by atoms with E-state index in [1.165, 1.54) is 0 Å². The molecule has 0 atom stereocenters. The van der Waals surface area contributed by atoms with E-state index in [1.54, 1.807) is 32.4 Å². The van der Waals surface area contributed by atoms with E-state index in [-0.39, 0.29) is 5.91 Å². The van der Waals surface area contributed by atoms with E-state index < -0.39 is 0 Å². The van der Waals surface area contributed by atoms with Crippen molar-refractivity contribution < 1.29 is 14.4 Å². The molecule has 0 radical (unpaired) electrons. The van der Waals surface area contributed by atoms with Gasteiger partial charge in [0, 0.05) is 25.6 Å². The number of rotatable bonds is 5. The molecule has 5 nitrogen and oxygen atoms in total. The first kappa shape index (κ1) is 16.1. The Kier molecular flexibility index (Phi) is 5.85. The Morgan fingerprint density at radius 1 is 1.38 bits per heavy atom. The maximum atomic E-state index is 12.1. The average molecular weight is 313 g/mol. The summed E-state index contributed by atoms with van der Waals surface area (Å²) in [5, 5.41) is 5.30. The Balaban J connectivity index is 1.87. The molecule has 1 aromatic rings. The van der Waals surface area contributed by atoms with E-state index >= 15 is 0 Å². The summed E-state index contributed by atoms with van der Waals surface area (Å²) in [6.45, 7) is 1.74. The molecule has 2 rings (SSSR count). The fourth-order valence-corrected chi connectivity index (χ4v) is 2.65. The first-order chi connectivity index (χ1) is 10.1. The minimum absolute atomic E-state index is 0.0129. The minimum Gasteiger partial charge on any atom is -0.497 e. The van der Waals surface area contributed by atoms with Crippen LogP contribution >= 0.6 is 11.6 Å². The van der Waals surface area contributed by atoms with Gasteiger partial charge in [-0.05, 0) is 30.9 Å². The van der Waals surface area contributed by atoms with E-state index in [4.69, 9.17) is 21.2 Å². The van der Waals surface area contributed by atoms with E-state index in [1.807, 2.05) is 5.06 Å². The predicted octanol–water partition coefficient (Wildman–Crippen LogP) is 2.95. The molecular formula is C15H21ClN2O3. The van der Waals surface area contributed by atoms with Crippen molar-refractivity contribution in [3.8, 4) is 5.75 Å². The van der Waals surface area contributed by atoms with Crippen LogP contribution in [0.15, 0.2) is 18.2 Å². The Labute approximate surface area is 130 Å². The van der Waals surface area contributed by atoms with Crippen molar-refractivity contribution in [3.05, 3.63) is 23.2 Å². The molecule has 1 aliphatic heterocycles. The van der Waals surface area contributed by atoms with Gasteiger partial charge < -0.3 is 14.9 Å². The van der Waals surface area contributed by atoms with Crippen molar-refractivity contribution in [2.24, 2.45) is 5.92 Å². The van der Waals surface area contributed by atoms with Crippen LogP contribution in [-0.2, 0) is 9.63 Å². The zero-order chi connectivity index (χ0) is 15.2. The number of halogens is 1. The minimum atomic E-state index is -0.0129. The maximum absolute atomic E-state index is 12.1. The predicted molar refractivity (Wildman–Crippen MR) is 82.6 cm³/mol. The highest BCUT2D eigenvalue weighted by atomic mass is 35.5. The molecule has 0 saturated carbocycles. The molecule has 1 amide bonds. The number of hydroxylamine groups is 2. The highest BCUT2D eigenvalue weighted by Gasteiger charge is 2.21. The molecule has 0 aromatic heterocycles. The molecule has 1 aromatic carbocycles. The number of anilines is 1. The highest BCUT2D eigenvalue weighted by Crippen LogP contribution is 2.27. The number of hydrogen-bond donors (Lipinski definition) is 1. The van der Waals surface area contributed by atoms with Crippen molar-refractivity contribution in [1.82, 2.24) is 5.06 Å². The SMILES string of the molecule is COc1ccc(Cl)c(NC(=O)CC2CCN(OC)CC2)c1. The number of methoxy groups -OCH3 is 1. The number of carbonyl (C=O) groups is 1. The maximum Gasteiger partial charge on any atom is 0.224 e. The van der Waals surface area contributed by atoms with Crippen molar-refractivity contribution in [2.75, 3.05) is 32.6 Å². The van der Waals surface area contributed by atoms with Gasteiger partial charge in [-0.3, -0.25) is 4.79 Å². The standard InChI is InChI=1S/C15H21ClN2O3/c1-20-12-3-4-13(16)14(10-12)17-15(19)9-11-5-7-18(21-2)8-6-11/h3-4,10-11H,5-9H2,1-2H3,(H,17,19). The summed E-state index contributed by atoms with van der Waals surface area (Å²) in [4.78, 5) is 17.3. The third kappa shape index (κ3) is 4.59. The Morgan fingerprint density at radius 2 is 2.10 bits per heavy atom. The van der Waals surface area contributed by atoms with Crippen molar-refractivity contribution in [2.45, 2.75) is 19.3 Å².